The summed E-state index contributed by atoms with van der Waals surface area (Å²) >= 11 is 0. The van der Waals surface area contributed by atoms with Gasteiger partial charge in [-0.2, -0.15) is 13.2 Å². The van der Waals surface area contributed by atoms with Gasteiger partial charge >= 0.3 is 12.1 Å². The third-order valence-corrected chi connectivity index (χ3v) is 8.73. The fourth-order valence-electron chi connectivity index (χ4n) is 5.98. The molecule has 3 aromatic rings. The Hall–Kier alpha value is -3.61. The van der Waals surface area contributed by atoms with E-state index in [4.69, 9.17) is 4.74 Å². The van der Waals surface area contributed by atoms with Crippen LogP contribution in [0.25, 0.3) is 16.7 Å². The van der Waals surface area contributed by atoms with E-state index in [0.29, 0.717) is 16.9 Å². The SMILES string of the molecule is CC1(C)CCC=C1c1cc(COc2cccc([C@H](CC(=O)O)C3(C)CC3)c2)ccc1-c1cc(C(F)(F)F)ccc1F. The van der Waals surface area contributed by atoms with Crippen LogP contribution in [0.15, 0.2) is 66.7 Å². The van der Waals surface area contributed by atoms with Crippen LogP contribution >= 0.6 is 0 Å². The zero-order valence-corrected chi connectivity index (χ0v) is 23.4. The van der Waals surface area contributed by atoms with Crippen LogP contribution in [0.2, 0.25) is 0 Å². The van der Waals surface area contributed by atoms with Crippen molar-refractivity contribution < 1.29 is 32.2 Å². The van der Waals surface area contributed by atoms with Crippen LogP contribution in [0, 0.1) is 16.6 Å². The summed E-state index contributed by atoms with van der Waals surface area (Å²) in [5.74, 6) is -1.04. The van der Waals surface area contributed by atoms with Crippen molar-refractivity contribution in [3.63, 3.8) is 0 Å². The zero-order chi connectivity index (χ0) is 29.6. The Labute approximate surface area is 237 Å². The summed E-state index contributed by atoms with van der Waals surface area (Å²) in [7, 11) is 0. The topological polar surface area (TPSA) is 46.5 Å². The summed E-state index contributed by atoms with van der Waals surface area (Å²) in [5, 5.41) is 9.47. The Bertz CT molecular complexity index is 1500. The van der Waals surface area contributed by atoms with Crippen molar-refractivity contribution in [3.8, 4) is 16.9 Å². The van der Waals surface area contributed by atoms with Crippen molar-refractivity contribution in [2.24, 2.45) is 10.8 Å². The Morgan fingerprint density at radius 1 is 0.951 bits per heavy atom. The van der Waals surface area contributed by atoms with Crippen LogP contribution in [-0.4, -0.2) is 11.1 Å². The molecular formula is C34H34F4O3. The molecule has 0 saturated heterocycles. The van der Waals surface area contributed by atoms with E-state index in [9.17, 15) is 27.5 Å². The third-order valence-electron chi connectivity index (χ3n) is 8.73. The number of halogens is 4. The minimum Gasteiger partial charge on any atom is -0.489 e. The third kappa shape index (κ3) is 6.19. The van der Waals surface area contributed by atoms with Crippen LogP contribution in [0.3, 0.4) is 0 Å². The molecule has 0 aliphatic heterocycles. The Morgan fingerprint density at radius 2 is 1.71 bits per heavy atom. The molecule has 3 nitrogen and oxygen atoms in total. The monoisotopic (exact) mass is 566 g/mol. The lowest BCUT2D eigenvalue weighted by atomic mass is 9.79. The second kappa shape index (κ2) is 10.7. The predicted octanol–water partition coefficient (Wildman–Crippen LogP) is 9.65. The van der Waals surface area contributed by atoms with Gasteiger partial charge in [0, 0.05) is 5.56 Å². The highest BCUT2D eigenvalue weighted by Crippen LogP contribution is 2.57. The van der Waals surface area contributed by atoms with Gasteiger partial charge in [-0.3, -0.25) is 4.79 Å². The standard InChI is InChI=1S/C34H34F4O3/c1-32(2)13-5-8-28(32)26-16-21(9-11-25(26)27-18-23(34(36,37)38)10-12-30(27)35)20-41-24-7-4-6-22(17-24)29(19-31(39)40)33(3)14-15-33/h4,6-12,16-18,29H,5,13-15,19-20H2,1-3H3,(H,39,40)/t29-/m0/s1. The van der Waals surface area contributed by atoms with E-state index in [1.165, 1.54) is 0 Å². The van der Waals surface area contributed by atoms with Gasteiger partial charge < -0.3 is 9.84 Å². The summed E-state index contributed by atoms with van der Waals surface area (Å²) in [6.07, 6.45) is 1.25. The van der Waals surface area contributed by atoms with Crippen molar-refractivity contribution in [2.75, 3.05) is 0 Å². The molecule has 216 valence electrons. The van der Waals surface area contributed by atoms with Crippen LogP contribution < -0.4 is 4.74 Å². The van der Waals surface area contributed by atoms with Gasteiger partial charge in [-0.05, 0) is 107 Å². The summed E-state index contributed by atoms with van der Waals surface area (Å²) < 4.78 is 61.6. The maximum Gasteiger partial charge on any atom is 0.416 e. The van der Waals surface area contributed by atoms with E-state index in [0.717, 1.165) is 60.6 Å². The van der Waals surface area contributed by atoms with Crippen LogP contribution in [-0.2, 0) is 17.6 Å². The molecule has 1 atom stereocenters. The number of carboxylic acids is 1. The number of benzene rings is 3. The second-order valence-electron chi connectivity index (χ2n) is 12.3. The van der Waals surface area contributed by atoms with Gasteiger partial charge in [0.15, 0.2) is 0 Å². The highest BCUT2D eigenvalue weighted by Gasteiger charge is 2.46. The molecule has 3 aromatic carbocycles. The smallest absolute Gasteiger partial charge is 0.416 e. The van der Waals surface area contributed by atoms with Crippen molar-refractivity contribution >= 4 is 11.5 Å². The maximum absolute atomic E-state index is 15.0. The zero-order valence-electron chi connectivity index (χ0n) is 23.4. The quantitative estimate of drug-likeness (QED) is 0.262. The van der Waals surface area contributed by atoms with Crippen molar-refractivity contribution in [1.82, 2.24) is 0 Å². The Kier molecular flexibility index (Phi) is 7.51. The minimum absolute atomic E-state index is 0.0255. The number of rotatable bonds is 9. The minimum atomic E-state index is -4.59. The summed E-state index contributed by atoms with van der Waals surface area (Å²) in [5.41, 5.74) is 2.58. The largest absolute Gasteiger partial charge is 0.489 e. The number of hydrogen-bond acceptors (Lipinski definition) is 2. The number of hydrogen-bond donors (Lipinski definition) is 1. The average Bonchev–Trinajstić information content (AvgIpc) is 3.55. The van der Waals surface area contributed by atoms with Crippen LogP contribution in [0.4, 0.5) is 17.6 Å². The highest BCUT2D eigenvalue weighted by atomic mass is 19.4. The van der Waals surface area contributed by atoms with Crippen molar-refractivity contribution in [1.29, 1.82) is 0 Å². The molecule has 1 saturated carbocycles. The number of allylic oxidation sites excluding steroid dienone is 2. The van der Waals surface area contributed by atoms with E-state index in [1.54, 1.807) is 12.1 Å². The Balaban J connectivity index is 1.47. The maximum atomic E-state index is 15.0. The first-order valence-corrected chi connectivity index (χ1v) is 13.9. The van der Waals surface area contributed by atoms with Gasteiger partial charge in [0.25, 0.3) is 0 Å². The van der Waals surface area contributed by atoms with Gasteiger partial charge in [0.2, 0.25) is 0 Å². The lowest BCUT2D eigenvalue weighted by Crippen LogP contribution is -2.15. The molecule has 7 heteroatoms. The first kappa shape index (κ1) is 28.9. The van der Waals surface area contributed by atoms with E-state index in [2.05, 4.69) is 26.8 Å². The Morgan fingerprint density at radius 3 is 2.34 bits per heavy atom. The first-order chi connectivity index (χ1) is 19.3. The number of ether oxygens (including phenoxy) is 1. The number of aliphatic carboxylic acids is 1. The molecule has 1 fully saturated rings. The van der Waals surface area contributed by atoms with Crippen LogP contribution in [0.1, 0.15) is 81.0 Å². The molecule has 0 heterocycles. The van der Waals surface area contributed by atoms with E-state index >= 15 is 0 Å². The normalized spacial score (nSPS) is 18.1. The molecule has 0 amide bonds. The number of carbonyl (C=O) groups is 1. The molecule has 2 aliphatic rings. The highest BCUT2D eigenvalue weighted by molar-refractivity contribution is 5.85. The molecule has 0 radical (unpaired) electrons. The van der Waals surface area contributed by atoms with Gasteiger partial charge in [0.05, 0.1) is 12.0 Å². The molecule has 0 unspecified atom stereocenters. The summed E-state index contributed by atoms with van der Waals surface area (Å²) in [4.78, 5) is 11.5. The molecular weight excluding hydrogens is 532 g/mol. The van der Waals surface area contributed by atoms with Gasteiger partial charge in [-0.15, -0.1) is 0 Å². The van der Waals surface area contributed by atoms with Crippen molar-refractivity contribution in [3.05, 3.63) is 94.8 Å². The number of alkyl halides is 3. The fraction of sp³-hybridized carbons (Fsp3) is 0.382. The van der Waals surface area contributed by atoms with Gasteiger partial charge in [-0.25, -0.2) is 4.39 Å². The molecule has 1 N–H and O–H groups in total. The molecule has 5 rings (SSSR count). The van der Waals surface area contributed by atoms with E-state index in [1.807, 2.05) is 30.3 Å². The van der Waals surface area contributed by atoms with Crippen LogP contribution in [0.5, 0.6) is 5.75 Å². The molecule has 41 heavy (non-hydrogen) atoms. The lowest BCUT2D eigenvalue weighted by Gasteiger charge is -2.26. The van der Waals surface area contributed by atoms with E-state index in [-0.39, 0.29) is 35.3 Å². The summed E-state index contributed by atoms with van der Waals surface area (Å²) in [6, 6.07) is 15.4. The number of carboxylic acid groups (broad SMARTS) is 1. The summed E-state index contributed by atoms with van der Waals surface area (Å²) in [6.45, 7) is 6.47. The molecule has 0 spiro atoms. The fourth-order valence-corrected chi connectivity index (χ4v) is 5.98. The second-order valence-corrected chi connectivity index (χ2v) is 12.3. The first-order valence-electron chi connectivity index (χ1n) is 13.9. The molecule has 0 bridgehead atoms. The average molecular weight is 567 g/mol. The lowest BCUT2D eigenvalue weighted by molar-refractivity contribution is -0.138. The van der Waals surface area contributed by atoms with E-state index < -0.39 is 23.5 Å². The molecule has 2 aliphatic carbocycles. The van der Waals surface area contributed by atoms with Gasteiger partial charge in [-0.1, -0.05) is 51.1 Å². The molecule has 0 aromatic heterocycles. The predicted molar refractivity (Wildman–Crippen MR) is 151 cm³/mol. The van der Waals surface area contributed by atoms with Gasteiger partial charge in [0.1, 0.15) is 18.2 Å². The van der Waals surface area contributed by atoms with Crippen molar-refractivity contribution in [2.45, 2.75) is 71.6 Å².